The smallest absolute Gasteiger partial charge is 0.138 e. The van der Waals surface area contributed by atoms with Crippen LogP contribution in [0.4, 0.5) is 5.69 Å². The van der Waals surface area contributed by atoms with Crippen LogP contribution in [0.25, 0.3) is 0 Å². The van der Waals surface area contributed by atoms with E-state index in [1.54, 1.807) is 18.2 Å². The van der Waals surface area contributed by atoms with Crippen molar-refractivity contribution in [1.82, 2.24) is 5.32 Å². The molecule has 1 aromatic carbocycles. The fraction of sp³-hybridized carbons (Fsp3) is 0.538. The Kier molecular flexibility index (Phi) is 4.37. The second-order valence-electron chi connectivity index (χ2n) is 5.33. The molecule has 0 heterocycles. The van der Waals surface area contributed by atoms with Crippen LogP contribution in [0, 0.1) is 0 Å². The summed E-state index contributed by atoms with van der Waals surface area (Å²) >= 11 is 0. The lowest BCUT2D eigenvalue weighted by atomic mass is 9.97. The normalized spacial score (nSPS) is 13.6. The highest BCUT2D eigenvalue weighted by Crippen LogP contribution is 2.25. The average molecular weight is 238 g/mol. The highest BCUT2D eigenvalue weighted by molar-refractivity contribution is 5.53. The van der Waals surface area contributed by atoms with Crippen molar-refractivity contribution in [1.29, 1.82) is 0 Å². The highest BCUT2D eigenvalue weighted by Gasteiger charge is 2.16. The van der Waals surface area contributed by atoms with Crippen LogP contribution < -0.4 is 11.1 Å². The number of nitrogens with two attached hydrogens (primary N) is 1. The van der Waals surface area contributed by atoms with Gasteiger partial charge in [0.25, 0.3) is 0 Å². The molecule has 1 atom stereocenters. The number of nitrogens with one attached hydrogen (secondary N) is 1. The third kappa shape index (κ3) is 4.24. The molecule has 96 valence electrons. The van der Waals surface area contributed by atoms with Crippen molar-refractivity contribution in [2.24, 2.45) is 0 Å². The maximum Gasteiger partial charge on any atom is 0.138 e. The third-order valence-corrected chi connectivity index (χ3v) is 2.62. The molecule has 0 spiro atoms. The number of aliphatic hydroxyl groups excluding tert-OH is 1. The Labute approximate surface area is 102 Å². The number of rotatable bonds is 4. The Bertz CT molecular complexity index is 372. The minimum atomic E-state index is -0.0166. The first-order chi connectivity index (χ1) is 7.83. The van der Waals surface area contributed by atoms with Gasteiger partial charge in [-0.25, -0.2) is 0 Å². The molecule has 0 radical (unpaired) electrons. The molecule has 0 amide bonds. The van der Waals surface area contributed by atoms with E-state index in [-0.39, 0.29) is 23.8 Å². The zero-order valence-corrected chi connectivity index (χ0v) is 10.7. The standard InChI is InChI=1S/C13H22N2O2/c1-13(2,3)15-7-10(8-16)9-4-5-12(17)11(14)6-9/h4-6,10,15-17H,7-8,14H2,1-3H3. The summed E-state index contributed by atoms with van der Waals surface area (Å²) in [7, 11) is 0. The number of aromatic hydroxyl groups is 1. The summed E-state index contributed by atoms with van der Waals surface area (Å²) < 4.78 is 0. The van der Waals surface area contributed by atoms with E-state index >= 15 is 0 Å². The van der Waals surface area contributed by atoms with Crippen molar-refractivity contribution >= 4 is 5.69 Å². The molecule has 0 bridgehead atoms. The van der Waals surface area contributed by atoms with Gasteiger partial charge in [-0.2, -0.15) is 0 Å². The van der Waals surface area contributed by atoms with E-state index in [9.17, 15) is 10.2 Å². The molecule has 0 aromatic heterocycles. The van der Waals surface area contributed by atoms with Crippen molar-refractivity contribution < 1.29 is 10.2 Å². The van der Waals surface area contributed by atoms with Gasteiger partial charge in [-0.15, -0.1) is 0 Å². The van der Waals surface area contributed by atoms with Gasteiger partial charge < -0.3 is 21.3 Å². The minimum Gasteiger partial charge on any atom is -0.506 e. The minimum absolute atomic E-state index is 0.00981. The first-order valence-corrected chi connectivity index (χ1v) is 5.78. The third-order valence-electron chi connectivity index (χ3n) is 2.62. The summed E-state index contributed by atoms with van der Waals surface area (Å²) in [5.74, 6) is 0.0614. The van der Waals surface area contributed by atoms with Gasteiger partial charge in [-0.05, 0) is 38.5 Å². The van der Waals surface area contributed by atoms with Crippen molar-refractivity contribution in [3.05, 3.63) is 23.8 Å². The monoisotopic (exact) mass is 238 g/mol. The summed E-state index contributed by atoms with van der Waals surface area (Å²) in [5.41, 5.74) is 6.93. The van der Waals surface area contributed by atoms with Crippen LogP contribution in [0.2, 0.25) is 0 Å². The summed E-state index contributed by atoms with van der Waals surface area (Å²) in [5, 5.41) is 22.1. The van der Waals surface area contributed by atoms with E-state index in [1.807, 2.05) is 0 Å². The number of hydrogen-bond donors (Lipinski definition) is 4. The number of phenols is 1. The van der Waals surface area contributed by atoms with E-state index in [0.717, 1.165) is 5.56 Å². The zero-order chi connectivity index (χ0) is 13.1. The Morgan fingerprint density at radius 1 is 1.35 bits per heavy atom. The highest BCUT2D eigenvalue weighted by atomic mass is 16.3. The molecule has 0 saturated carbocycles. The first kappa shape index (κ1) is 13.8. The van der Waals surface area contributed by atoms with Crippen LogP contribution in [-0.2, 0) is 0 Å². The molecular weight excluding hydrogens is 216 g/mol. The Morgan fingerprint density at radius 3 is 2.47 bits per heavy atom. The van der Waals surface area contributed by atoms with Crippen LogP contribution >= 0.6 is 0 Å². The van der Waals surface area contributed by atoms with E-state index in [1.165, 1.54) is 0 Å². The second-order valence-corrected chi connectivity index (χ2v) is 5.33. The molecule has 0 aliphatic heterocycles. The van der Waals surface area contributed by atoms with Gasteiger partial charge in [0.15, 0.2) is 0 Å². The van der Waals surface area contributed by atoms with E-state index in [4.69, 9.17) is 5.73 Å². The SMILES string of the molecule is CC(C)(C)NCC(CO)c1ccc(O)c(N)c1. The van der Waals surface area contributed by atoms with Crippen molar-refractivity contribution in [3.63, 3.8) is 0 Å². The van der Waals surface area contributed by atoms with Crippen LogP contribution in [0.3, 0.4) is 0 Å². The molecule has 0 aliphatic carbocycles. The van der Waals surface area contributed by atoms with E-state index in [2.05, 4.69) is 26.1 Å². The number of phenolic OH excluding ortho intramolecular Hbond substituents is 1. The average Bonchev–Trinajstić information content (AvgIpc) is 2.22. The number of anilines is 1. The molecule has 17 heavy (non-hydrogen) atoms. The lowest BCUT2D eigenvalue weighted by Gasteiger charge is -2.24. The first-order valence-electron chi connectivity index (χ1n) is 5.78. The second kappa shape index (κ2) is 5.38. The van der Waals surface area contributed by atoms with Gasteiger partial charge >= 0.3 is 0 Å². The maximum absolute atomic E-state index is 9.39. The van der Waals surface area contributed by atoms with E-state index < -0.39 is 0 Å². The number of aliphatic hydroxyl groups is 1. The van der Waals surface area contributed by atoms with Crippen LogP contribution in [-0.4, -0.2) is 28.9 Å². The Morgan fingerprint density at radius 2 is 2.00 bits per heavy atom. The lowest BCUT2D eigenvalue weighted by Crippen LogP contribution is -2.39. The van der Waals surface area contributed by atoms with Gasteiger partial charge in [-0.1, -0.05) is 6.07 Å². The molecule has 1 aromatic rings. The van der Waals surface area contributed by atoms with Gasteiger partial charge in [-0.3, -0.25) is 0 Å². The Balaban J connectivity index is 2.76. The largest absolute Gasteiger partial charge is 0.506 e. The predicted octanol–water partition coefficient (Wildman–Crippen LogP) is 1.44. The molecule has 0 saturated heterocycles. The van der Waals surface area contributed by atoms with Gasteiger partial charge in [0, 0.05) is 18.0 Å². The van der Waals surface area contributed by atoms with Gasteiger partial charge in [0.1, 0.15) is 5.75 Å². The Hall–Kier alpha value is -1.26. The maximum atomic E-state index is 9.39. The zero-order valence-electron chi connectivity index (χ0n) is 10.7. The molecular formula is C13H22N2O2. The number of hydrogen-bond acceptors (Lipinski definition) is 4. The molecule has 4 nitrogen and oxygen atoms in total. The fourth-order valence-corrected chi connectivity index (χ4v) is 1.54. The molecule has 0 aliphatic rings. The predicted molar refractivity (Wildman–Crippen MR) is 70.1 cm³/mol. The van der Waals surface area contributed by atoms with Crippen LogP contribution in [0.5, 0.6) is 5.75 Å². The van der Waals surface area contributed by atoms with Crippen LogP contribution in [0.15, 0.2) is 18.2 Å². The van der Waals surface area contributed by atoms with Crippen molar-refractivity contribution in [3.8, 4) is 5.75 Å². The lowest BCUT2D eigenvalue weighted by molar-refractivity contribution is 0.252. The molecule has 5 N–H and O–H groups in total. The summed E-state index contributed by atoms with van der Waals surface area (Å²) in [6.07, 6.45) is 0. The summed E-state index contributed by atoms with van der Waals surface area (Å²) in [4.78, 5) is 0. The molecule has 0 fully saturated rings. The van der Waals surface area contributed by atoms with Crippen LogP contribution in [0.1, 0.15) is 32.3 Å². The van der Waals surface area contributed by atoms with Gasteiger partial charge in [0.05, 0.1) is 12.3 Å². The topological polar surface area (TPSA) is 78.5 Å². The van der Waals surface area contributed by atoms with Crippen molar-refractivity contribution in [2.75, 3.05) is 18.9 Å². The molecule has 1 unspecified atom stereocenters. The quantitative estimate of drug-likeness (QED) is 0.473. The van der Waals surface area contributed by atoms with Gasteiger partial charge in [0.2, 0.25) is 0 Å². The summed E-state index contributed by atoms with van der Waals surface area (Å²) in [6, 6.07) is 5.06. The van der Waals surface area contributed by atoms with Crippen molar-refractivity contribution in [2.45, 2.75) is 32.2 Å². The number of nitrogen functional groups attached to an aromatic ring is 1. The summed E-state index contributed by atoms with van der Waals surface area (Å²) in [6.45, 7) is 6.95. The molecule has 4 heteroatoms. The molecule has 1 rings (SSSR count). The number of benzene rings is 1. The fourth-order valence-electron chi connectivity index (χ4n) is 1.54. The van der Waals surface area contributed by atoms with E-state index in [0.29, 0.717) is 12.2 Å².